The van der Waals surface area contributed by atoms with Gasteiger partial charge in [0.2, 0.25) is 5.82 Å². The molecule has 0 fully saturated rings. The summed E-state index contributed by atoms with van der Waals surface area (Å²) in [5.74, 6) is 2.57. The summed E-state index contributed by atoms with van der Waals surface area (Å²) in [6.07, 6.45) is 6.19. The van der Waals surface area contributed by atoms with Crippen LogP contribution in [0.2, 0.25) is 0 Å². The second-order valence-corrected chi connectivity index (χ2v) is 6.57. The number of aromatic nitrogens is 5. The van der Waals surface area contributed by atoms with Crippen LogP contribution in [0.25, 0.3) is 17.3 Å². The smallest absolute Gasteiger partial charge is 0.216 e. The molecule has 4 rings (SSSR count). The summed E-state index contributed by atoms with van der Waals surface area (Å²) in [4.78, 5) is 8.99. The first-order valence-electron chi connectivity index (χ1n) is 9.88. The van der Waals surface area contributed by atoms with Crippen molar-refractivity contribution in [1.82, 2.24) is 35.6 Å². The van der Waals surface area contributed by atoms with Crippen LogP contribution in [0, 0.1) is 0 Å². The lowest BCUT2D eigenvalue weighted by Crippen LogP contribution is -2.38. The highest BCUT2D eigenvalue weighted by Gasteiger charge is 2.08. The second kappa shape index (κ2) is 11.3. The molecule has 0 spiro atoms. The Kier molecular flexibility index (Phi) is 8.21. The van der Waals surface area contributed by atoms with Crippen molar-refractivity contribution < 1.29 is 4.42 Å². The molecule has 9 nitrogen and oxygen atoms in total. The summed E-state index contributed by atoms with van der Waals surface area (Å²) in [5, 5.41) is 17.9. The topological polar surface area (TPSA) is 109 Å². The van der Waals surface area contributed by atoms with Crippen molar-refractivity contribution in [2.75, 3.05) is 13.1 Å². The van der Waals surface area contributed by atoms with Gasteiger partial charge >= 0.3 is 0 Å². The Labute approximate surface area is 197 Å². The van der Waals surface area contributed by atoms with Gasteiger partial charge < -0.3 is 15.1 Å². The summed E-state index contributed by atoms with van der Waals surface area (Å²) in [6, 6.07) is 13.9. The van der Waals surface area contributed by atoms with E-state index in [4.69, 9.17) is 4.42 Å². The summed E-state index contributed by atoms with van der Waals surface area (Å²) >= 11 is 0. The van der Waals surface area contributed by atoms with E-state index in [0.29, 0.717) is 24.0 Å². The van der Waals surface area contributed by atoms with Gasteiger partial charge in [0.05, 0.1) is 12.0 Å². The zero-order valence-corrected chi connectivity index (χ0v) is 19.5. The van der Waals surface area contributed by atoms with Crippen LogP contribution in [-0.2, 0) is 13.0 Å². The zero-order chi connectivity index (χ0) is 20.6. The maximum Gasteiger partial charge on any atom is 0.216 e. The Morgan fingerprint density at radius 2 is 2.03 bits per heavy atom. The van der Waals surface area contributed by atoms with Crippen molar-refractivity contribution in [2.45, 2.75) is 19.9 Å². The lowest BCUT2D eigenvalue weighted by Gasteiger charge is -2.11. The monoisotopic (exact) mass is 532 g/mol. The van der Waals surface area contributed by atoms with Crippen molar-refractivity contribution in [3.05, 3.63) is 72.5 Å². The normalized spacial score (nSPS) is 11.2. The minimum atomic E-state index is 0. The van der Waals surface area contributed by atoms with Crippen LogP contribution in [-0.4, -0.2) is 44.0 Å². The fourth-order valence-electron chi connectivity index (χ4n) is 2.94. The number of nitrogens with one attached hydrogen (secondary N) is 3. The molecular weight excluding hydrogens is 507 g/mol. The molecule has 31 heavy (non-hydrogen) atoms. The molecule has 0 saturated heterocycles. The van der Waals surface area contributed by atoms with Gasteiger partial charge in [-0.2, -0.15) is 5.10 Å². The Morgan fingerprint density at radius 1 is 1.16 bits per heavy atom. The first kappa shape index (κ1) is 22.5. The molecule has 0 aliphatic heterocycles. The summed E-state index contributed by atoms with van der Waals surface area (Å²) in [5.41, 5.74) is 2.29. The van der Waals surface area contributed by atoms with Crippen molar-refractivity contribution in [2.24, 2.45) is 4.99 Å². The van der Waals surface area contributed by atoms with Crippen LogP contribution in [0.3, 0.4) is 0 Å². The van der Waals surface area contributed by atoms with Crippen molar-refractivity contribution >= 4 is 29.9 Å². The van der Waals surface area contributed by atoms with E-state index < -0.39 is 0 Å². The third-order valence-electron chi connectivity index (χ3n) is 4.42. The number of guanidine groups is 1. The molecule has 0 amide bonds. The van der Waals surface area contributed by atoms with Crippen molar-refractivity contribution in [1.29, 1.82) is 0 Å². The van der Waals surface area contributed by atoms with Crippen LogP contribution in [0.15, 0.2) is 70.5 Å². The second-order valence-electron chi connectivity index (χ2n) is 6.57. The lowest BCUT2D eigenvalue weighted by atomic mass is 10.1. The molecule has 3 aromatic heterocycles. The Balaban J connectivity index is 0.00000272. The van der Waals surface area contributed by atoms with Crippen molar-refractivity contribution in [3.63, 3.8) is 0 Å². The van der Waals surface area contributed by atoms with E-state index in [9.17, 15) is 0 Å². The largest absolute Gasteiger partial charge is 0.461 e. The molecule has 4 aromatic rings. The third kappa shape index (κ3) is 6.17. The Bertz CT molecular complexity index is 1060. The standard InChI is InChI=1S/C21H24N8O.HI/c1-2-22-21(24-15-19-26-20(28-27-19)18-5-3-14-30-18)23-12-10-16-6-8-17(9-7-16)29-13-4-11-25-29;/h3-9,11,13-14H,2,10,12,15H2,1H3,(H2,22,23,24)(H,26,27,28);1H. The van der Waals surface area contributed by atoms with E-state index in [1.165, 1.54) is 5.56 Å². The maximum atomic E-state index is 5.31. The number of H-pyrrole nitrogens is 1. The van der Waals surface area contributed by atoms with Crippen molar-refractivity contribution in [3.8, 4) is 17.3 Å². The SMILES string of the molecule is CCNC(=NCc1nc(-c2ccco2)n[nH]1)NCCc1ccc(-n2cccn2)cc1.I. The molecule has 0 bridgehead atoms. The Hall–Kier alpha value is -3.15. The van der Waals surface area contributed by atoms with E-state index >= 15 is 0 Å². The van der Waals surface area contributed by atoms with Gasteiger partial charge in [-0.3, -0.25) is 5.10 Å². The quantitative estimate of drug-likeness (QED) is 0.183. The van der Waals surface area contributed by atoms with E-state index in [-0.39, 0.29) is 24.0 Å². The number of furan rings is 1. The first-order chi connectivity index (χ1) is 14.8. The average Bonchev–Trinajstić information content (AvgIpc) is 3.55. The molecule has 10 heteroatoms. The highest BCUT2D eigenvalue weighted by Crippen LogP contribution is 2.14. The fraction of sp³-hybridized carbons (Fsp3) is 0.238. The predicted molar refractivity (Wildman–Crippen MR) is 130 cm³/mol. The van der Waals surface area contributed by atoms with Gasteiger partial charge in [0.15, 0.2) is 11.7 Å². The highest BCUT2D eigenvalue weighted by atomic mass is 127. The number of nitrogens with zero attached hydrogens (tertiary/aromatic N) is 5. The number of benzene rings is 1. The summed E-state index contributed by atoms with van der Waals surface area (Å²) in [7, 11) is 0. The summed E-state index contributed by atoms with van der Waals surface area (Å²) in [6.45, 7) is 3.97. The van der Waals surface area contributed by atoms with Crippen LogP contribution in [0.4, 0.5) is 0 Å². The molecular formula is C21H25IN8O. The van der Waals surface area contributed by atoms with Crippen LogP contribution >= 0.6 is 24.0 Å². The fourth-order valence-corrected chi connectivity index (χ4v) is 2.94. The number of rotatable bonds is 8. The number of halogens is 1. The average molecular weight is 532 g/mol. The molecule has 3 N–H and O–H groups in total. The molecule has 0 unspecified atom stereocenters. The lowest BCUT2D eigenvalue weighted by molar-refractivity contribution is 0.577. The molecule has 0 saturated carbocycles. The van der Waals surface area contributed by atoms with Crippen LogP contribution in [0.1, 0.15) is 18.3 Å². The minimum absolute atomic E-state index is 0. The van der Waals surface area contributed by atoms with Gasteiger partial charge in [-0.05, 0) is 49.2 Å². The van der Waals surface area contributed by atoms with E-state index in [1.54, 1.807) is 12.5 Å². The van der Waals surface area contributed by atoms with Crippen LogP contribution < -0.4 is 10.6 Å². The van der Waals surface area contributed by atoms with Gasteiger partial charge in [-0.25, -0.2) is 14.7 Å². The van der Waals surface area contributed by atoms with E-state index in [0.717, 1.165) is 31.2 Å². The number of aromatic amines is 1. The molecule has 0 aliphatic carbocycles. The highest BCUT2D eigenvalue weighted by molar-refractivity contribution is 14.0. The van der Waals surface area contributed by atoms with Gasteiger partial charge in [-0.15, -0.1) is 29.1 Å². The number of hydrogen-bond acceptors (Lipinski definition) is 5. The van der Waals surface area contributed by atoms with E-state index in [1.807, 2.05) is 36.0 Å². The van der Waals surface area contributed by atoms with E-state index in [2.05, 4.69) is 60.2 Å². The maximum absolute atomic E-state index is 5.31. The van der Waals surface area contributed by atoms with Gasteiger partial charge in [0.25, 0.3) is 0 Å². The number of aliphatic imine (C=N–C) groups is 1. The van der Waals surface area contributed by atoms with Gasteiger partial charge in [-0.1, -0.05) is 12.1 Å². The molecule has 1 aromatic carbocycles. The molecule has 162 valence electrons. The molecule has 0 radical (unpaired) electrons. The minimum Gasteiger partial charge on any atom is -0.461 e. The van der Waals surface area contributed by atoms with Gasteiger partial charge in [0, 0.05) is 25.5 Å². The van der Waals surface area contributed by atoms with Gasteiger partial charge in [0.1, 0.15) is 12.4 Å². The third-order valence-corrected chi connectivity index (χ3v) is 4.42. The summed E-state index contributed by atoms with van der Waals surface area (Å²) < 4.78 is 7.16. The Morgan fingerprint density at radius 3 is 2.74 bits per heavy atom. The molecule has 3 heterocycles. The van der Waals surface area contributed by atoms with Crippen LogP contribution in [0.5, 0.6) is 0 Å². The number of hydrogen-bond donors (Lipinski definition) is 3. The molecule has 0 aliphatic rings. The predicted octanol–water partition coefficient (Wildman–Crippen LogP) is 3.17. The zero-order valence-electron chi connectivity index (χ0n) is 17.2. The molecule has 0 atom stereocenters. The first-order valence-corrected chi connectivity index (χ1v) is 9.88.